The molecule has 0 aromatic heterocycles. The van der Waals surface area contributed by atoms with Crippen molar-refractivity contribution < 1.29 is 4.79 Å². The topological polar surface area (TPSA) is 32.3 Å². The van der Waals surface area contributed by atoms with Gasteiger partial charge in [0.25, 0.3) is 0 Å². The van der Waals surface area contributed by atoms with Crippen LogP contribution in [0.5, 0.6) is 0 Å². The average Bonchev–Trinajstić information content (AvgIpc) is 3.24. The zero-order valence-electron chi connectivity index (χ0n) is 11.1. The number of rotatable bonds is 4. The highest BCUT2D eigenvalue weighted by Crippen LogP contribution is 2.22. The van der Waals surface area contributed by atoms with Gasteiger partial charge in [0.2, 0.25) is 5.91 Å². The molecule has 1 N–H and O–H groups in total. The van der Waals surface area contributed by atoms with Crippen LogP contribution in [0.25, 0.3) is 5.57 Å². The minimum Gasteiger partial charge on any atom is -0.352 e. The van der Waals surface area contributed by atoms with Crippen molar-refractivity contribution in [2.24, 2.45) is 0 Å². The van der Waals surface area contributed by atoms with Crippen molar-refractivity contribution in [2.75, 3.05) is 19.6 Å². The van der Waals surface area contributed by atoms with Crippen molar-refractivity contribution in [3.05, 3.63) is 42.0 Å². The van der Waals surface area contributed by atoms with E-state index in [0.717, 1.165) is 32.4 Å². The first-order valence-corrected chi connectivity index (χ1v) is 7.07. The van der Waals surface area contributed by atoms with Gasteiger partial charge in [-0.3, -0.25) is 9.69 Å². The molecule has 19 heavy (non-hydrogen) atoms. The SMILES string of the molecule is O=C(CN1CC=C(c2ccccc2)CC1)NC1CC1. The quantitative estimate of drug-likeness (QED) is 0.894. The lowest BCUT2D eigenvalue weighted by Gasteiger charge is -2.25. The van der Waals surface area contributed by atoms with E-state index in [1.54, 1.807) is 0 Å². The van der Waals surface area contributed by atoms with Gasteiger partial charge < -0.3 is 5.32 Å². The van der Waals surface area contributed by atoms with Crippen LogP contribution >= 0.6 is 0 Å². The predicted molar refractivity (Wildman–Crippen MR) is 76.6 cm³/mol. The molecular formula is C16H20N2O. The van der Waals surface area contributed by atoms with E-state index in [2.05, 4.69) is 40.6 Å². The first kappa shape index (κ1) is 12.4. The molecule has 1 aromatic rings. The van der Waals surface area contributed by atoms with Crippen molar-refractivity contribution in [3.63, 3.8) is 0 Å². The number of hydrogen-bond donors (Lipinski definition) is 1. The molecule has 100 valence electrons. The Morgan fingerprint density at radius 3 is 2.68 bits per heavy atom. The van der Waals surface area contributed by atoms with E-state index in [0.29, 0.717) is 12.6 Å². The third kappa shape index (κ3) is 3.44. The monoisotopic (exact) mass is 256 g/mol. The summed E-state index contributed by atoms with van der Waals surface area (Å²) < 4.78 is 0. The van der Waals surface area contributed by atoms with Crippen LogP contribution in [-0.2, 0) is 4.79 Å². The van der Waals surface area contributed by atoms with E-state index >= 15 is 0 Å². The summed E-state index contributed by atoms with van der Waals surface area (Å²) in [4.78, 5) is 14.0. The molecule has 1 amide bonds. The molecule has 0 bridgehead atoms. The van der Waals surface area contributed by atoms with Crippen LogP contribution in [0, 0.1) is 0 Å². The van der Waals surface area contributed by atoms with E-state index in [1.807, 2.05) is 6.07 Å². The molecule has 1 heterocycles. The first-order valence-electron chi connectivity index (χ1n) is 7.07. The number of nitrogens with zero attached hydrogens (tertiary/aromatic N) is 1. The summed E-state index contributed by atoms with van der Waals surface area (Å²) in [5.74, 6) is 0.180. The summed E-state index contributed by atoms with van der Waals surface area (Å²) in [6.45, 7) is 2.39. The van der Waals surface area contributed by atoms with Gasteiger partial charge in [0.1, 0.15) is 0 Å². The highest BCUT2D eigenvalue weighted by molar-refractivity contribution is 5.79. The molecule has 3 rings (SSSR count). The lowest BCUT2D eigenvalue weighted by molar-refractivity contribution is -0.122. The largest absolute Gasteiger partial charge is 0.352 e. The summed E-state index contributed by atoms with van der Waals surface area (Å²) in [7, 11) is 0. The van der Waals surface area contributed by atoms with Crippen molar-refractivity contribution in [3.8, 4) is 0 Å². The fourth-order valence-corrected chi connectivity index (χ4v) is 2.47. The molecule has 1 fully saturated rings. The van der Waals surface area contributed by atoms with Crippen molar-refractivity contribution >= 4 is 11.5 Å². The molecule has 0 saturated heterocycles. The van der Waals surface area contributed by atoms with Gasteiger partial charge in [0, 0.05) is 19.1 Å². The third-order valence-electron chi connectivity index (χ3n) is 3.75. The molecule has 1 aromatic carbocycles. The minimum absolute atomic E-state index is 0.180. The van der Waals surface area contributed by atoms with Gasteiger partial charge in [0.15, 0.2) is 0 Å². The minimum atomic E-state index is 0.180. The third-order valence-corrected chi connectivity index (χ3v) is 3.75. The van der Waals surface area contributed by atoms with Gasteiger partial charge in [-0.1, -0.05) is 36.4 Å². The summed E-state index contributed by atoms with van der Waals surface area (Å²) in [6.07, 6.45) is 5.59. The van der Waals surface area contributed by atoms with Crippen LogP contribution < -0.4 is 5.32 Å². The summed E-state index contributed by atoms with van der Waals surface area (Å²) >= 11 is 0. The van der Waals surface area contributed by atoms with Gasteiger partial charge in [-0.2, -0.15) is 0 Å². The molecule has 0 radical (unpaired) electrons. The molecule has 0 spiro atoms. The molecule has 2 aliphatic rings. The van der Waals surface area contributed by atoms with E-state index in [-0.39, 0.29) is 5.91 Å². The maximum Gasteiger partial charge on any atom is 0.234 e. The molecule has 1 aliphatic heterocycles. The van der Waals surface area contributed by atoms with E-state index in [9.17, 15) is 4.79 Å². The normalized spacial score (nSPS) is 19.9. The van der Waals surface area contributed by atoms with Crippen LogP contribution in [0.1, 0.15) is 24.8 Å². The molecule has 3 heteroatoms. The maximum atomic E-state index is 11.7. The molecule has 1 aliphatic carbocycles. The smallest absolute Gasteiger partial charge is 0.234 e. The van der Waals surface area contributed by atoms with Crippen molar-refractivity contribution in [1.82, 2.24) is 10.2 Å². The number of amides is 1. The Morgan fingerprint density at radius 1 is 1.26 bits per heavy atom. The fraction of sp³-hybridized carbons (Fsp3) is 0.438. The lowest BCUT2D eigenvalue weighted by atomic mass is 10.00. The molecule has 3 nitrogen and oxygen atoms in total. The summed E-state index contributed by atoms with van der Waals surface area (Å²) in [5, 5.41) is 3.04. The zero-order valence-corrected chi connectivity index (χ0v) is 11.1. The lowest BCUT2D eigenvalue weighted by Crippen LogP contribution is -2.39. The average molecular weight is 256 g/mol. The second-order valence-corrected chi connectivity index (χ2v) is 5.42. The highest BCUT2D eigenvalue weighted by atomic mass is 16.2. The van der Waals surface area contributed by atoms with Crippen molar-refractivity contribution in [2.45, 2.75) is 25.3 Å². The van der Waals surface area contributed by atoms with Gasteiger partial charge >= 0.3 is 0 Å². The summed E-state index contributed by atoms with van der Waals surface area (Å²) in [6, 6.07) is 11.0. The number of nitrogens with one attached hydrogen (secondary N) is 1. The van der Waals surface area contributed by atoms with Gasteiger partial charge in [-0.05, 0) is 30.4 Å². The Hall–Kier alpha value is -1.61. The van der Waals surface area contributed by atoms with Gasteiger partial charge in [-0.15, -0.1) is 0 Å². The van der Waals surface area contributed by atoms with Gasteiger partial charge in [-0.25, -0.2) is 0 Å². The molecule has 0 atom stereocenters. The Balaban J connectivity index is 1.53. The highest BCUT2D eigenvalue weighted by Gasteiger charge is 2.24. The Morgan fingerprint density at radius 2 is 2.05 bits per heavy atom. The van der Waals surface area contributed by atoms with Gasteiger partial charge in [0.05, 0.1) is 6.54 Å². The molecule has 0 unspecified atom stereocenters. The maximum absolute atomic E-state index is 11.7. The van der Waals surface area contributed by atoms with Crippen LogP contribution in [0.2, 0.25) is 0 Å². The number of hydrogen-bond acceptors (Lipinski definition) is 2. The Bertz CT molecular complexity index is 477. The van der Waals surface area contributed by atoms with E-state index in [4.69, 9.17) is 0 Å². The number of benzene rings is 1. The zero-order chi connectivity index (χ0) is 13.1. The standard InChI is InChI=1S/C16H20N2O/c19-16(17-15-6-7-15)12-18-10-8-14(9-11-18)13-4-2-1-3-5-13/h1-5,8,15H,6-7,9-12H2,(H,17,19). The Kier molecular flexibility index (Phi) is 3.65. The number of carbonyl (C=O) groups is 1. The van der Waals surface area contributed by atoms with Crippen LogP contribution in [-0.4, -0.2) is 36.5 Å². The van der Waals surface area contributed by atoms with Crippen LogP contribution in [0.3, 0.4) is 0 Å². The second-order valence-electron chi connectivity index (χ2n) is 5.42. The van der Waals surface area contributed by atoms with Crippen LogP contribution in [0.4, 0.5) is 0 Å². The first-order chi connectivity index (χ1) is 9.31. The molecular weight excluding hydrogens is 236 g/mol. The Labute approximate surface area is 114 Å². The predicted octanol–water partition coefficient (Wildman–Crippen LogP) is 2.05. The van der Waals surface area contributed by atoms with Crippen LogP contribution in [0.15, 0.2) is 36.4 Å². The number of carbonyl (C=O) groups excluding carboxylic acids is 1. The van der Waals surface area contributed by atoms with E-state index in [1.165, 1.54) is 11.1 Å². The molecule has 1 saturated carbocycles. The van der Waals surface area contributed by atoms with E-state index < -0.39 is 0 Å². The summed E-state index contributed by atoms with van der Waals surface area (Å²) in [5.41, 5.74) is 2.71. The fourth-order valence-electron chi connectivity index (χ4n) is 2.47. The second kappa shape index (κ2) is 5.57. The van der Waals surface area contributed by atoms with Crippen molar-refractivity contribution in [1.29, 1.82) is 0 Å².